The topological polar surface area (TPSA) is 92.2 Å². The summed E-state index contributed by atoms with van der Waals surface area (Å²) in [4.78, 5) is 1.75. The van der Waals surface area contributed by atoms with Crippen LogP contribution in [0.5, 0.6) is 0 Å². The van der Waals surface area contributed by atoms with Crippen molar-refractivity contribution in [1.29, 1.82) is 5.26 Å². The zero-order valence-electron chi connectivity index (χ0n) is 9.39. The van der Waals surface area contributed by atoms with Crippen molar-refractivity contribution < 1.29 is 10.4 Å². The van der Waals surface area contributed by atoms with Gasteiger partial charge in [0.25, 0.3) is 0 Å². The van der Waals surface area contributed by atoms with Crippen LogP contribution in [0.15, 0.2) is 10.3 Å². The summed E-state index contributed by atoms with van der Waals surface area (Å²) >= 11 is 0. The molecule has 0 heterocycles. The normalized spacial score (nSPS) is 14.1. The van der Waals surface area contributed by atoms with Crippen LogP contribution in [0.4, 0.5) is 0 Å². The second-order valence-corrected chi connectivity index (χ2v) is 3.76. The Balaban J connectivity index is 4.73. The third kappa shape index (κ3) is 3.22. The molecule has 0 aromatic heterocycles. The Morgan fingerprint density at radius 1 is 1.40 bits per heavy atom. The quantitative estimate of drug-likeness (QED) is 0.411. The maximum Gasteiger partial charge on any atom is 0.170 e. The van der Waals surface area contributed by atoms with Gasteiger partial charge in [0.05, 0.1) is 17.8 Å². The molecule has 0 amide bonds. The highest BCUT2D eigenvalue weighted by atomic mass is 16.4. The first kappa shape index (κ1) is 13.4. The van der Waals surface area contributed by atoms with Crippen molar-refractivity contribution in [3.05, 3.63) is 0 Å². The molecule has 0 aromatic rings. The number of hydrogen-bond acceptors (Lipinski definition) is 6. The molecule has 84 valence electrons. The van der Waals surface area contributed by atoms with Gasteiger partial charge in [-0.25, -0.2) is 0 Å². The summed E-state index contributed by atoms with van der Waals surface area (Å²) in [7, 11) is 1.75. The summed E-state index contributed by atoms with van der Waals surface area (Å²) < 4.78 is 0. The predicted octanol–water partition coefficient (Wildman–Crippen LogP) is 0.901. The lowest BCUT2D eigenvalue weighted by Gasteiger charge is -2.34. The molecular weight excluding hydrogens is 196 g/mol. The van der Waals surface area contributed by atoms with Crippen LogP contribution in [0, 0.1) is 11.3 Å². The Bertz CT molecular complexity index is 315. The van der Waals surface area contributed by atoms with Gasteiger partial charge in [0.1, 0.15) is 6.07 Å². The van der Waals surface area contributed by atoms with Gasteiger partial charge in [-0.2, -0.15) is 5.26 Å². The van der Waals surface area contributed by atoms with Crippen molar-refractivity contribution in [1.82, 2.24) is 4.90 Å². The molecule has 0 saturated carbocycles. The van der Waals surface area contributed by atoms with Crippen LogP contribution in [0.1, 0.15) is 20.8 Å². The minimum absolute atomic E-state index is 0.0105. The van der Waals surface area contributed by atoms with Gasteiger partial charge in [0.15, 0.2) is 5.71 Å². The fourth-order valence-corrected chi connectivity index (χ4v) is 0.910. The van der Waals surface area contributed by atoms with Crippen molar-refractivity contribution >= 4 is 11.4 Å². The van der Waals surface area contributed by atoms with E-state index in [0.29, 0.717) is 5.71 Å². The molecule has 2 N–H and O–H groups in total. The molecule has 0 aliphatic rings. The smallest absolute Gasteiger partial charge is 0.170 e. The van der Waals surface area contributed by atoms with Crippen LogP contribution in [-0.2, 0) is 0 Å². The van der Waals surface area contributed by atoms with E-state index in [9.17, 15) is 0 Å². The van der Waals surface area contributed by atoms with Crippen molar-refractivity contribution in [2.75, 3.05) is 13.6 Å². The SMILES string of the molecule is C/C(=N\O)C(C)(C)N(C)C/C(C#N)=N/O. The monoisotopic (exact) mass is 212 g/mol. The lowest BCUT2D eigenvalue weighted by molar-refractivity contribution is 0.235. The van der Waals surface area contributed by atoms with Gasteiger partial charge in [-0.15, -0.1) is 0 Å². The van der Waals surface area contributed by atoms with E-state index in [0.717, 1.165) is 0 Å². The van der Waals surface area contributed by atoms with Crippen LogP contribution < -0.4 is 0 Å². The van der Waals surface area contributed by atoms with Gasteiger partial charge >= 0.3 is 0 Å². The second-order valence-electron chi connectivity index (χ2n) is 3.76. The lowest BCUT2D eigenvalue weighted by Crippen LogP contribution is -2.48. The third-order valence-electron chi connectivity index (χ3n) is 2.63. The second kappa shape index (κ2) is 5.32. The van der Waals surface area contributed by atoms with Crippen molar-refractivity contribution in [3.63, 3.8) is 0 Å². The zero-order chi connectivity index (χ0) is 12.1. The van der Waals surface area contributed by atoms with Crippen molar-refractivity contribution in [2.45, 2.75) is 26.3 Å². The summed E-state index contributed by atoms with van der Waals surface area (Å²) in [6.07, 6.45) is 0. The average Bonchev–Trinajstić information content (AvgIpc) is 2.23. The maximum absolute atomic E-state index is 8.68. The number of nitrogens with zero attached hydrogens (tertiary/aromatic N) is 4. The van der Waals surface area contributed by atoms with Gasteiger partial charge in [0, 0.05) is 0 Å². The number of rotatable bonds is 4. The van der Waals surface area contributed by atoms with E-state index in [1.165, 1.54) is 0 Å². The van der Waals surface area contributed by atoms with Gasteiger partial charge in [-0.1, -0.05) is 10.3 Å². The summed E-state index contributed by atoms with van der Waals surface area (Å²) in [5.74, 6) is 0. The van der Waals surface area contributed by atoms with Crippen LogP contribution >= 0.6 is 0 Å². The number of nitriles is 1. The van der Waals surface area contributed by atoms with E-state index in [2.05, 4.69) is 10.3 Å². The molecule has 15 heavy (non-hydrogen) atoms. The molecule has 6 nitrogen and oxygen atoms in total. The molecule has 0 saturated heterocycles. The zero-order valence-corrected chi connectivity index (χ0v) is 9.39. The highest BCUT2D eigenvalue weighted by Crippen LogP contribution is 2.14. The molecule has 0 aromatic carbocycles. The van der Waals surface area contributed by atoms with Crippen molar-refractivity contribution in [2.24, 2.45) is 10.3 Å². The molecular formula is C9H16N4O2. The first-order valence-corrected chi connectivity index (χ1v) is 4.41. The van der Waals surface area contributed by atoms with Crippen molar-refractivity contribution in [3.8, 4) is 6.07 Å². The van der Waals surface area contributed by atoms with Gasteiger partial charge in [-0.3, -0.25) is 4.90 Å². The predicted molar refractivity (Wildman–Crippen MR) is 56.4 cm³/mol. The van der Waals surface area contributed by atoms with E-state index < -0.39 is 5.54 Å². The number of hydrogen-bond donors (Lipinski definition) is 2. The van der Waals surface area contributed by atoms with Crippen LogP contribution in [0.25, 0.3) is 0 Å². The molecule has 0 aliphatic carbocycles. The fourth-order valence-electron chi connectivity index (χ4n) is 0.910. The fraction of sp³-hybridized carbons (Fsp3) is 0.667. The molecule has 6 heteroatoms. The Hall–Kier alpha value is -1.61. The molecule has 0 fully saturated rings. The van der Waals surface area contributed by atoms with E-state index in [1.807, 2.05) is 13.8 Å². The molecule has 0 bridgehead atoms. The summed E-state index contributed by atoms with van der Waals surface area (Å²) in [6.45, 7) is 5.55. The van der Waals surface area contributed by atoms with E-state index >= 15 is 0 Å². The highest BCUT2D eigenvalue weighted by Gasteiger charge is 2.28. The maximum atomic E-state index is 8.68. The first-order chi connectivity index (χ1) is 6.89. The first-order valence-electron chi connectivity index (χ1n) is 4.41. The summed E-state index contributed by atoms with van der Waals surface area (Å²) in [5.41, 5.74) is 0.0122. The summed E-state index contributed by atoms with van der Waals surface area (Å²) in [5, 5.41) is 31.8. The van der Waals surface area contributed by atoms with Crippen LogP contribution in [-0.4, -0.2) is 45.9 Å². The molecule has 0 spiro atoms. The minimum atomic E-state index is -0.512. The Kier molecular flexibility index (Phi) is 4.74. The largest absolute Gasteiger partial charge is 0.411 e. The van der Waals surface area contributed by atoms with Gasteiger partial charge < -0.3 is 10.4 Å². The minimum Gasteiger partial charge on any atom is -0.411 e. The Morgan fingerprint density at radius 3 is 2.27 bits per heavy atom. The van der Waals surface area contributed by atoms with Crippen LogP contribution in [0.2, 0.25) is 0 Å². The molecule has 0 aliphatic heterocycles. The van der Waals surface area contributed by atoms with Gasteiger partial charge in [-0.05, 0) is 27.8 Å². The van der Waals surface area contributed by atoms with E-state index in [-0.39, 0.29) is 12.3 Å². The van der Waals surface area contributed by atoms with Crippen LogP contribution in [0.3, 0.4) is 0 Å². The van der Waals surface area contributed by atoms with Gasteiger partial charge in [0.2, 0.25) is 0 Å². The Morgan fingerprint density at radius 2 is 1.93 bits per heavy atom. The van der Waals surface area contributed by atoms with E-state index in [4.69, 9.17) is 15.7 Å². The molecule has 0 unspecified atom stereocenters. The third-order valence-corrected chi connectivity index (χ3v) is 2.63. The Labute approximate surface area is 89.1 Å². The molecule has 0 radical (unpaired) electrons. The van der Waals surface area contributed by atoms with E-state index in [1.54, 1.807) is 24.9 Å². The standard InChI is InChI=1S/C9H16N4O2/c1-7(11-14)9(2,3)13(4)6-8(5-10)12-15/h14-15H,6H2,1-4H3/b11-7+,12-8+. The highest BCUT2D eigenvalue weighted by molar-refractivity contribution is 6.00. The number of oxime groups is 2. The molecule has 0 rings (SSSR count). The lowest BCUT2D eigenvalue weighted by atomic mass is 9.97. The average molecular weight is 212 g/mol. The summed E-state index contributed by atoms with van der Waals surface area (Å²) in [6, 6.07) is 1.77. The molecule has 0 atom stereocenters.